The van der Waals surface area contributed by atoms with Crippen molar-refractivity contribution in [1.29, 1.82) is 0 Å². The summed E-state index contributed by atoms with van der Waals surface area (Å²) in [6, 6.07) is 15.2. The molecular weight excluding hydrogens is 412 g/mol. The van der Waals surface area contributed by atoms with E-state index >= 15 is 0 Å². The van der Waals surface area contributed by atoms with Gasteiger partial charge in [-0.25, -0.2) is 9.59 Å². The number of amides is 2. The molecule has 8 heteroatoms. The molecule has 2 aromatic rings. The van der Waals surface area contributed by atoms with Crippen molar-refractivity contribution in [3.63, 3.8) is 0 Å². The van der Waals surface area contributed by atoms with Crippen molar-refractivity contribution in [2.45, 2.75) is 31.2 Å². The average molecular weight is 440 g/mol. The number of aliphatic carboxylic acids is 1. The zero-order valence-electron chi connectivity index (χ0n) is 18.0. The van der Waals surface area contributed by atoms with Gasteiger partial charge in [-0.2, -0.15) is 0 Å². The van der Waals surface area contributed by atoms with E-state index in [1.54, 1.807) is 0 Å². The number of hydrogen-bond acceptors (Lipinski definition) is 5. The summed E-state index contributed by atoms with van der Waals surface area (Å²) >= 11 is 0. The van der Waals surface area contributed by atoms with E-state index in [0.29, 0.717) is 19.4 Å². The minimum atomic E-state index is -1.14. The molecule has 0 spiro atoms. The third kappa shape index (κ3) is 5.85. The van der Waals surface area contributed by atoms with E-state index < -0.39 is 18.1 Å². The van der Waals surface area contributed by atoms with E-state index in [1.807, 2.05) is 24.3 Å². The van der Waals surface area contributed by atoms with Crippen LogP contribution >= 0.6 is 0 Å². The molecule has 32 heavy (non-hydrogen) atoms. The lowest BCUT2D eigenvalue weighted by atomic mass is 9.98. The number of rotatable bonds is 11. The average Bonchev–Trinajstić information content (AvgIpc) is 3.11. The van der Waals surface area contributed by atoms with Gasteiger partial charge in [-0.1, -0.05) is 48.5 Å². The fraction of sp³-hybridized carbons (Fsp3) is 0.375. The van der Waals surface area contributed by atoms with Crippen molar-refractivity contribution in [3.05, 3.63) is 59.7 Å². The van der Waals surface area contributed by atoms with Gasteiger partial charge in [-0.05, 0) is 35.1 Å². The highest BCUT2D eigenvalue weighted by atomic mass is 16.5. The normalized spacial score (nSPS) is 13.0. The summed E-state index contributed by atoms with van der Waals surface area (Å²) < 4.78 is 10.2. The standard InChI is InChI=1S/C24H28N2O6/c1-31-15-21(23(28)29)26-22(27)12-6-7-13-25-24(30)32-14-20-18-10-4-2-8-16(18)17-9-3-5-11-19(17)20/h2-5,8-11,20-21H,6-7,12-15H2,1H3,(H,25,30)(H,26,27)(H,28,29)/t21-/m0/s1. The molecule has 2 amide bonds. The van der Waals surface area contributed by atoms with Crippen LogP contribution in [-0.2, 0) is 19.1 Å². The highest BCUT2D eigenvalue weighted by Crippen LogP contribution is 2.44. The Kier molecular flexibility index (Phi) is 8.21. The molecule has 0 saturated carbocycles. The molecule has 8 nitrogen and oxygen atoms in total. The molecule has 170 valence electrons. The van der Waals surface area contributed by atoms with Crippen molar-refractivity contribution in [3.8, 4) is 11.1 Å². The second-order valence-corrected chi connectivity index (χ2v) is 7.62. The molecule has 3 rings (SSSR count). The number of fused-ring (bicyclic) bond motifs is 3. The van der Waals surface area contributed by atoms with Gasteiger partial charge < -0.3 is 25.2 Å². The lowest BCUT2D eigenvalue weighted by Crippen LogP contribution is -2.43. The molecule has 1 aliphatic rings. The Bertz CT molecular complexity index is 916. The van der Waals surface area contributed by atoms with Crippen LogP contribution in [0, 0.1) is 0 Å². The zero-order chi connectivity index (χ0) is 22.9. The molecule has 0 saturated heterocycles. The molecule has 1 aliphatic carbocycles. The second-order valence-electron chi connectivity index (χ2n) is 7.62. The third-order valence-electron chi connectivity index (χ3n) is 5.41. The Balaban J connectivity index is 1.38. The van der Waals surface area contributed by atoms with Crippen molar-refractivity contribution in [1.82, 2.24) is 10.6 Å². The molecule has 0 bridgehead atoms. The highest BCUT2D eigenvalue weighted by molar-refractivity contribution is 5.83. The minimum Gasteiger partial charge on any atom is -0.480 e. The number of alkyl carbamates (subject to hydrolysis) is 1. The lowest BCUT2D eigenvalue weighted by molar-refractivity contribution is -0.143. The molecule has 1 atom stereocenters. The van der Waals surface area contributed by atoms with Crippen molar-refractivity contribution in [2.24, 2.45) is 0 Å². The minimum absolute atomic E-state index is 0.00567. The number of carboxylic acids is 1. The first-order chi connectivity index (χ1) is 15.5. The van der Waals surface area contributed by atoms with E-state index in [0.717, 1.165) is 11.1 Å². The van der Waals surface area contributed by atoms with Crippen molar-refractivity contribution < 1.29 is 29.0 Å². The van der Waals surface area contributed by atoms with Crippen LogP contribution in [0.2, 0.25) is 0 Å². The molecule has 0 fully saturated rings. The number of benzene rings is 2. The van der Waals surface area contributed by atoms with Crippen LogP contribution in [0.3, 0.4) is 0 Å². The molecule has 0 radical (unpaired) electrons. The van der Waals surface area contributed by atoms with Gasteiger partial charge in [-0.15, -0.1) is 0 Å². The molecule has 0 unspecified atom stereocenters. The first kappa shape index (κ1) is 23.3. The van der Waals surface area contributed by atoms with Crippen LogP contribution < -0.4 is 10.6 Å². The van der Waals surface area contributed by atoms with Gasteiger partial charge in [0.25, 0.3) is 0 Å². The van der Waals surface area contributed by atoms with Gasteiger partial charge in [-0.3, -0.25) is 4.79 Å². The topological polar surface area (TPSA) is 114 Å². The van der Waals surface area contributed by atoms with Crippen LogP contribution in [-0.4, -0.2) is 56.0 Å². The summed E-state index contributed by atoms with van der Waals surface area (Å²) in [4.78, 5) is 35.0. The number of methoxy groups -OCH3 is 1. The number of unbranched alkanes of at least 4 members (excludes halogenated alkanes) is 1. The second kappa shape index (κ2) is 11.3. The van der Waals surface area contributed by atoms with E-state index in [9.17, 15) is 14.4 Å². The molecule has 2 aromatic carbocycles. The van der Waals surface area contributed by atoms with Gasteiger partial charge in [0, 0.05) is 26.0 Å². The van der Waals surface area contributed by atoms with E-state index in [1.165, 1.54) is 18.2 Å². The number of carboxylic acid groups (broad SMARTS) is 1. The fourth-order valence-corrected chi connectivity index (χ4v) is 3.86. The molecule has 0 heterocycles. The van der Waals surface area contributed by atoms with Crippen LogP contribution in [0.25, 0.3) is 11.1 Å². The Labute approximate surface area is 186 Å². The zero-order valence-corrected chi connectivity index (χ0v) is 18.0. The predicted molar refractivity (Wildman–Crippen MR) is 118 cm³/mol. The van der Waals surface area contributed by atoms with Crippen molar-refractivity contribution >= 4 is 18.0 Å². The number of carbonyl (C=O) groups excluding carboxylic acids is 2. The van der Waals surface area contributed by atoms with Crippen LogP contribution in [0.15, 0.2) is 48.5 Å². The third-order valence-corrected chi connectivity index (χ3v) is 5.41. The monoisotopic (exact) mass is 440 g/mol. The number of ether oxygens (including phenoxy) is 2. The van der Waals surface area contributed by atoms with E-state index in [-0.39, 0.29) is 31.5 Å². The number of nitrogens with one attached hydrogen (secondary N) is 2. The Morgan fingerprint density at radius 1 is 1.00 bits per heavy atom. The SMILES string of the molecule is COC[C@H](NC(=O)CCCCNC(=O)OCC1c2ccccc2-c2ccccc21)C(=O)O. The predicted octanol–water partition coefficient (Wildman–Crippen LogP) is 2.91. The van der Waals surface area contributed by atoms with Gasteiger partial charge in [0.2, 0.25) is 5.91 Å². The van der Waals surface area contributed by atoms with Gasteiger partial charge in [0.15, 0.2) is 6.04 Å². The Morgan fingerprint density at radius 3 is 2.22 bits per heavy atom. The molecule has 0 aliphatic heterocycles. The summed E-state index contributed by atoms with van der Waals surface area (Å²) in [6.07, 6.45) is 0.747. The van der Waals surface area contributed by atoms with Crippen LogP contribution in [0.4, 0.5) is 4.79 Å². The smallest absolute Gasteiger partial charge is 0.407 e. The first-order valence-electron chi connectivity index (χ1n) is 10.6. The van der Waals surface area contributed by atoms with Gasteiger partial charge >= 0.3 is 12.1 Å². The maximum atomic E-state index is 12.1. The highest BCUT2D eigenvalue weighted by Gasteiger charge is 2.28. The summed E-state index contributed by atoms with van der Waals surface area (Å²) in [6.45, 7) is 0.521. The number of hydrogen-bond donors (Lipinski definition) is 3. The number of carbonyl (C=O) groups is 3. The van der Waals surface area contributed by atoms with Crippen LogP contribution in [0.5, 0.6) is 0 Å². The summed E-state index contributed by atoms with van der Waals surface area (Å²) in [5.41, 5.74) is 4.65. The van der Waals surface area contributed by atoms with Crippen molar-refractivity contribution in [2.75, 3.05) is 26.9 Å². The molecular formula is C24H28N2O6. The maximum absolute atomic E-state index is 12.1. The van der Waals surface area contributed by atoms with E-state index in [2.05, 4.69) is 34.9 Å². The summed E-state index contributed by atoms with van der Waals surface area (Å²) in [5, 5.41) is 14.1. The molecule has 3 N–H and O–H groups in total. The quantitative estimate of drug-likeness (QED) is 0.463. The Morgan fingerprint density at radius 2 is 1.62 bits per heavy atom. The summed E-state index contributed by atoms with van der Waals surface area (Å²) in [7, 11) is 1.37. The van der Waals surface area contributed by atoms with Gasteiger partial charge in [0.05, 0.1) is 6.61 Å². The van der Waals surface area contributed by atoms with Gasteiger partial charge in [0.1, 0.15) is 6.61 Å². The summed E-state index contributed by atoms with van der Waals surface area (Å²) in [5.74, 6) is -1.50. The maximum Gasteiger partial charge on any atom is 0.407 e. The Hall–Kier alpha value is -3.39. The lowest BCUT2D eigenvalue weighted by Gasteiger charge is -2.15. The first-order valence-corrected chi connectivity index (χ1v) is 10.6. The van der Waals surface area contributed by atoms with Crippen LogP contribution in [0.1, 0.15) is 36.3 Å². The van der Waals surface area contributed by atoms with E-state index in [4.69, 9.17) is 14.6 Å². The largest absolute Gasteiger partial charge is 0.480 e. The fourth-order valence-electron chi connectivity index (χ4n) is 3.86. The molecule has 0 aromatic heterocycles.